The first-order chi connectivity index (χ1) is 9.17. The molecule has 0 fully saturated rings. The summed E-state index contributed by atoms with van der Waals surface area (Å²) >= 11 is 0. The molecule has 0 aliphatic heterocycles. The lowest BCUT2D eigenvalue weighted by Gasteiger charge is -2.40. The molecule has 0 radical (unpaired) electrons. The summed E-state index contributed by atoms with van der Waals surface area (Å²) in [6.07, 6.45) is 6.54. The van der Waals surface area contributed by atoms with E-state index in [0.717, 1.165) is 19.3 Å². The molecule has 0 aromatic carbocycles. The van der Waals surface area contributed by atoms with Crippen LogP contribution >= 0.6 is 0 Å². The van der Waals surface area contributed by atoms with E-state index in [1.54, 1.807) is 0 Å². The highest BCUT2D eigenvalue weighted by atomic mass is 16.4. The molecule has 2 N–H and O–H groups in total. The van der Waals surface area contributed by atoms with E-state index in [4.69, 9.17) is 5.11 Å². The van der Waals surface area contributed by atoms with Gasteiger partial charge in [0.15, 0.2) is 0 Å². The highest BCUT2D eigenvalue weighted by Gasteiger charge is 2.49. The van der Waals surface area contributed by atoms with Crippen molar-refractivity contribution in [3.8, 4) is 0 Å². The molecule has 0 aliphatic carbocycles. The number of aliphatic carboxylic acids is 2. The van der Waals surface area contributed by atoms with Gasteiger partial charge in [-0.05, 0) is 11.8 Å². The standard InChI is InChI=1S/C16H30O4/c1-5-6-7-8-9-10-11-16(14(19)20,12-13(17)18)15(2,3)4/h5-12H2,1-4H3,(H,17,18)(H,19,20)/t16-/m0/s1. The zero-order valence-electron chi connectivity index (χ0n) is 13.4. The average molecular weight is 286 g/mol. The lowest BCUT2D eigenvalue weighted by atomic mass is 9.62. The van der Waals surface area contributed by atoms with Crippen molar-refractivity contribution >= 4 is 11.9 Å². The van der Waals surface area contributed by atoms with Crippen molar-refractivity contribution in [1.82, 2.24) is 0 Å². The Balaban J connectivity index is 4.69. The molecule has 0 amide bonds. The molecule has 0 saturated carbocycles. The molecular weight excluding hydrogens is 256 g/mol. The summed E-state index contributed by atoms with van der Waals surface area (Å²) in [7, 11) is 0. The number of carboxylic acids is 2. The third-order valence-electron chi connectivity index (χ3n) is 4.26. The molecule has 20 heavy (non-hydrogen) atoms. The van der Waals surface area contributed by atoms with E-state index >= 15 is 0 Å². The van der Waals surface area contributed by atoms with Crippen LogP contribution < -0.4 is 0 Å². The number of rotatable bonds is 10. The Labute approximate surface area is 122 Å². The van der Waals surface area contributed by atoms with E-state index in [-0.39, 0.29) is 6.42 Å². The molecule has 0 rings (SSSR count). The van der Waals surface area contributed by atoms with Crippen LogP contribution in [0.5, 0.6) is 0 Å². The summed E-state index contributed by atoms with van der Waals surface area (Å²) in [5, 5.41) is 18.7. The fraction of sp³-hybridized carbons (Fsp3) is 0.875. The first kappa shape index (κ1) is 18.9. The lowest BCUT2D eigenvalue weighted by molar-refractivity contribution is -0.164. The Morgan fingerprint density at radius 2 is 1.40 bits per heavy atom. The van der Waals surface area contributed by atoms with Crippen LogP contribution in [0.25, 0.3) is 0 Å². The van der Waals surface area contributed by atoms with E-state index in [0.29, 0.717) is 6.42 Å². The monoisotopic (exact) mass is 286 g/mol. The van der Waals surface area contributed by atoms with Crippen molar-refractivity contribution in [2.45, 2.75) is 79.1 Å². The SMILES string of the molecule is CCCCCCCC[C@](CC(=O)O)(C(=O)O)C(C)(C)C. The van der Waals surface area contributed by atoms with E-state index in [9.17, 15) is 14.7 Å². The zero-order chi connectivity index (χ0) is 15.8. The number of unbranched alkanes of at least 4 members (excludes halogenated alkanes) is 5. The minimum absolute atomic E-state index is 0.305. The van der Waals surface area contributed by atoms with Crippen LogP contribution in [0, 0.1) is 10.8 Å². The second-order valence-corrected chi connectivity index (χ2v) is 6.73. The molecule has 118 valence electrons. The van der Waals surface area contributed by atoms with Crippen LogP contribution in [0.15, 0.2) is 0 Å². The van der Waals surface area contributed by atoms with Gasteiger partial charge in [0.2, 0.25) is 0 Å². The molecule has 0 bridgehead atoms. The van der Waals surface area contributed by atoms with Crippen molar-refractivity contribution in [3.05, 3.63) is 0 Å². The van der Waals surface area contributed by atoms with Crippen molar-refractivity contribution in [3.63, 3.8) is 0 Å². The van der Waals surface area contributed by atoms with Gasteiger partial charge in [-0.15, -0.1) is 0 Å². The van der Waals surface area contributed by atoms with Crippen molar-refractivity contribution in [1.29, 1.82) is 0 Å². The summed E-state index contributed by atoms with van der Waals surface area (Å²) in [6, 6.07) is 0. The first-order valence-electron chi connectivity index (χ1n) is 7.62. The molecule has 0 spiro atoms. The highest BCUT2D eigenvalue weighted by molar-refractivity contribution is 5.82. The Kier molecular flexibility index (Phi) is 7.84. The van der Waals surface area contributed by atoms with Crippen LogP contribution in [-0.2, 0) is 9.59 Å². The maximum absolute atomic E-state index is 11.7. The quantitative estimate of drug-likeness (QED) is 0.586. The van der Waals surface area contributed by atoms with Crippen LogP contribution in [0.1, 0.15) is 79.1 Å². The summed E-state index contributed by atoms with van der Waals surface area (Å²) in [5.74, 6) is -2.02. The summed E-state index contributed by atoms with van der Waals surface area (Å²) < 4.78 is 0. The second kappa shape index (κ2) is 8.28. The molecular formula is C16H30O4. The molecule has 0 aromatic heterocycles. The van der Waals surface area contributed by atoms with E-state index < -0.39 is 22.8 Å². The van der Waals surface area contributed by atoms with Gasteiger partial charge >= 0.3 is 11.9 Å². The van der Waals surface area contributed by atoms with Gasteiger partial charge in [0.05, 0.1) is 11.8 Å². The van der Waals surface area contributed by atoms with Gasteiger partial charge < -0.3 is 10.2 Å². The Morgan fingerprint density at radius 3 is 1.80 bits per heavy atom. The summed E-state index contributed by atoms with van der Waals surface area (Å²) in [5.41, 5.74) is -1.75. The third kappa shape index (κ3) is 5.51. The highest BCUT2D eigenvalue weighted by Crippen LogP contribution is 2.46. The lowest BCUT2D eigenvalue weighted by Crippen LogP contribution is -2.44. The van der Waals surface area contributed by atoms with Crippen LogP contribution in [-0.4, -0.2) is 22.2 Å². The Morgan fingerprint density at radius 1 is 0.900 bits per heavy atom. The number of hydrogen-bond donors (Lipinski definition) is 2. The summed E-state index contributed by atoms with van der Waals surface area (Å²) in [4.78, 5) is 22.8. The van der Waals surface area contributed by atoms with Gasteiger partial charge in [0.1, 0.15) is 0 Å². The van der Waals surface area contributed by atoms with Gasteiger partial charge in [-0.2, -0.15) is 0 Å². The molecule has 0 unspecified atom stereocenters. The predicted octanol–water partition coefficient (Wildman–Crippen LogP) is 4.33. The molecule has 0 heterocycles. The van der Waals surface area contributed by atoms with Gasteiger partial charge in [0.25, 0.3) is 0 Å². The normalized spacial score (nSPS) is 14.8. The van der Waals surface area contributed by atoms with E-state index in [1.807, 2.05) is 20.8 Å². The van der Waals surface area contributed by atoms with Gasteiger partial charge in [0, 0.05) is 0 Å². The second-order valence-electron chi connectivity index (χ2n) is 6.73. The van der Waals surface area contributed by atoms with Crippen LogP contribution in [0.3, 0.4) is 0 Å². The first-order valence-corrected chi connectivity index (χ1v) is 7.62. The summed E-state index contributed by atoms with van der Waals surface area (Å²) in [6.45, 7) is 7.62. The molecule has 0 aromatic rings. The largest absolute Gasteiger partial charge is 0.481 e. The van der Waals surface area contributed by atoms with Crippen LogP contribution in [0.4, 0.5) is 0 Å². The zero-order valence-corrected chi connectivity index (χ0v) is 13.4. The maximum Gasteiger partial charge on any atom is 0.310 e. The topological polar surface area (TPSA) is 74.6 Å². The fourth-order valence-electron chi connectivity index (χ4n) is 2.70. The average Bonchev–Trinajstić information content (AvgIpc) is 2.29. The van der Waals surface area contributed by atoms with Crippen molar-refractivity contribution < 1.29 is 19.8 Å². The Bertz CT molecular complexity index is 317. The van der Waals surface area contributed by atoms with Gasteiger partial charge in [-0.3, -0.25) is 9.59 Å². The number of carboxylic acid groups (broad SMARTS) is 2. The fourth-order valence-corrected chi connectivity index (χ4v) is 2.70. The van der Waals surface area contributed by atoms with E-state index in [1.165, 1.54) is 19.3 Å². The Hall–Kier alpha value is -1.06. The predicted molar refractivity (Wildman–Crippen MR) is 79.8 cm³/mol. The third-order valence-corrected chi connectivity index (χ3v) is 4.26. The number of carbonyl (C=O) groups is 2. The van der Waals surface area contributed by atoms with Gasteiger partial charge in [-0.1, -0.05) is 66.2 Å². The molecule has 4 nitrogen and oxygen atoms in total. The molecule has 0 saturated heterocycles. The van der Waals surface area contributed by atoms with E-state index in [2.05, 4.69) is 6.92 Å². The minimum atomic E-state index is -1.18. The molecule has 0 aliphatic rings. The molecule has 4 heteroatoms. The molecule has 1 atom stereocenters. The maximum atomic E-state index is 11.7. The smallest absolute Gasteiger partial charge is 0.310 e. The van der Waals surface area contributed by atoms with Gasteiger partial charge in [-0.25, -0.2) is 0 Å². The van der Waals surface area contributed by atoms with Crippen molar-refractivity contribution in [2.75, 3.05) is 0 Å². The van der Waals surface area contributed by atoms with Crippen LogP contribution in [0.2, 0.25) is 0 Å². The minimum Gasteiger partial charge on any atom is -0.481 e. The van der Waals surface area contributed by atoms with Crippen molar-refractivity contribution in [2.24, 2.45) is 10.8 Å². The number of hydrogen-bond acceptors (Lipinski definition) is 2.